The minimum atomic E-state index is -3.63. The number of aliphatic carboxylic acids is 2. The summed E-state index contributed by atoms with van der Waals surface area (Å²) in [7, 11) is 0. The van der Waals surface area contributed by atoms with E-state index in [2.05, 4.69) is 61.3 Å². The van der Waals surface area contributed by atoms with Crippen LogP contribution < -0.4 is 0 Å². The number of carbonyl (C=O) groups excluding carboxylic acids is 3. The molecule has 0 amide bonds. The molecule has 0 bridgehead atoms. The molecule has 13 nitrogen and oxygen atoms in total. The molecule has 0 saturated carbocycles. The van der Waals surface area contributed by atoms with Crippen molar-refractivity contribution in [3.63, 3.8) is 0 Å². The van der Waals surface area contributed by atoms with Crippen LogP contribution in [0.1, 0.15) is 153 Å². The summed E-state index contributed by atoms with van der Waals surface area (Å²) in [6.45, 7) is 30.5. The van der Waals surface area contributed by atoms with Crippen molar-refractivity contribution in [2.24, 2.45) is 0 Å². The third-order valence-corrected chi connectivity index (χ3v) is 28.6. The second-order valence-corrected chi connectivity index (χ2v) is 34.8. The van der Waals surface area contributed by atoms with Gasteiger partial charge in [-0.15, -0.1) is 0 Å². The summed E-state index contributed by atoms with van der Waals surface area (Å²) in [6, 6.07) is 0. The van der Waals surface area contributed by atoms with Gasteiger partial charge < -0.3 is 21.2 Å². The molecule has 56 heavy (non-hydrogen) atoms. The van der Waals surface area contributed by atoms with Crippen molar-refractivity contribution in [3.8, 4) is 0 Å². The van der Waals surface area contributed by atoms with Crippen molar-refractivity contribution in [2.75, 3.05) is 0 Å². The Kier molecular flexibility index (Phi) is 59.5. The van der Waals surface area contributed by atoms with Crippen molar-refractivity contribution in [3.05, 3.63) is 36.5 Å². The van der Waals surface area contributed by atoms with Gasteiger partial charge in [0.15, 0.2) is 0 Å². The maximum Gasteiger partial charge on any atom is -0.412 e. The number of carbonyl (C=O) groups is 5. The molecule has 0 aliphatic rings. The first-order chi connectivity index (χ1) is 25.2. The van der Waals surface area contributed by atoms with Crippen LogP contribution in [-0.4, -0.2) is 110 Å². The van der Waals surface area contributed by atoms with Gasteiger partial charge in [-0.3, -0.25) is 4.79 Å². The van der Waals surface area contributed by atoms with Gasteiger partial charge in [0.25, 0.3) is 5.97 Å². The normalized spacial score (nSPS) is 9.50. The molecule has 16 heteroatoms. The van der Waals surface area contributed by atoms with Crippen LogP contribution >= 0.6 is 0 Å². The molecule has 0 spiro atoms. The Morgan fingerprint density at radius 3 is 1.09 bits per heavy atom. The van der Waals surface area contributed by atoms with Gasteiger partial charge in [-0.25, -0.2) is 4.79 Å². The second-order valence-electron chi connectivity index (χ2n) is 13.1. The van der Waals surface area contributed by atoms with Crippen LogP contribution in [0.15, 0.2) is 36.5 Å². The Morgan fingerprint density at radius 2 is 0.839 bits per heavy atom. The Balaban J connectivity index is -0.000000116. The van der Waals surface area contributed by atoms with E-state index in [1.54, 1.807) is 13.8 Å². The molecule has 0 unspecified atom stereocenters. The third-order valence-electron chi connectivity index (χ3n) is 6.97. The average molecular weight is 1130 g/mol. The summed E-state index contributed by atoms with van der Waals surface area (Å²) in [5.74, 6) is -2.67. The molecule has 0 saturated heterocycles. The zero-order chi connectivity index (χ0) is 43.1. The van der Waals surface area contributed by atoms with Gasteiger partial charge in [-0.2, -0.15) is 0 Å². The molecule has 0 aromatic carbocycles. The summed E-state index contributed by atoms with van der Waals surface area (Å²) in [5.41, 5.74) is 1.08. The SMILES string of the molecule is C=C(C)C(=O)O.C=C(C)C(=O)[O][Sn]([CH2]CCC)([CH2]CCC)[O]C(C)=O.C=C(C)C(=O)[O][Sn]([CH2]CCC)[CH2]CCC.CC(=O)O.CCC[CH2][Sn](=[O])[CH2]CCC.O.O. The molecule has 0 aliphatic heterocycles. The molecule has 0 aromatic heterocycles. The van der Waals surface area contributed by atoms with E-state index in [1.807, 2.05) is 0 Å². The number of carboxylic acid groups (broad SMARTS) is 2. The number of hydrogen-bond donors (Lipinski definition) is 2. The van der Waals surface area contributed by atoms with Crippen molar-refractivity contribution >= 4 is 89.0 Å². The molecule has 0 rings (SSSR count). The predicted molar refractivity (Wildman–Crippen MR) is 233 cm³/mol. The largest absolute Gasteiger partial charge is 0.412 e. The van der Waals surface area contributed by atoms with Gasteiger partial charge in [0, 0.05) is 12.5 Å². The monoisotopic (exact) mass is 1130 g/mol. The zero-order valence-corrected chi connectivity index (χ0v) is 45.5. The minimum Gasteiger partial charge on any atom is -0.412 e. The summed E-state index contributed by atoms with van der Waals surface area (Å²) in [4.78, 5) is 53.2. The number of unbranched alkanes of at least 4 members (excludes halogenated alkanes) is 6. The van der Waals surface area contributed by atoms with Crippen LogP contribution in [0.4, 0.5) is 0 Å². The van der Waals surface area contributed by atoms with Crippen molar-refractivity contribution in [1.29, 1.82) is 0 Å². The molecule has 6 N–H and O–H groups in total. The summed E-state index contributed by atoms with van der Waals surface area (Å²) >= 11 is -7.49. The maximum atomic E-state index is 11.8. The van der Waals surface area contributed by atoms with E-state index in [-0.39, 0.29) is 28.5 Å². The van der Waals surface area contributed by atoms with Crippen molar-refractivity contribution in [2.45, 2.75) is 180 Å². The van der Waals surface area contributed by atoms with E-state index < -0.39 is 77.0 Å². The Bertz CT molecular complexity index is 1050. The third kappa shape index (κ3) is 54.8. The van der Waals surface area contributed by atoms with E-state index in [0.717, 1.165) is 50.4 Å². The quantitative estimate of drug-likeness (QED) is 0.0682. The van der Waals surface area contributed by atoms with E-state index in [1.165, 1.54) is 74.1 Å². The standard InChI is InChI=1S/3C4H6O2.6C4H9.2C2H4O2.2H2O.O.3Sn/c3*1-3(2)4(5)6;6*1-3-4-2;2*1-2(3)4;;;;;;/h3*1H2,2H3,(H,5,6);6*1,3-4H2,2H3;2*1H3,(H,3,4);2*1H2;;;;/q;;;;;;;;;;;;;;;+1;+2/p-3. The maximum absolute atomic E-state index is 11.8. The summed E-state index contributed by atoms with van der Waals surface area (Å²) in [6.07, 6.45) is 13.5. The van der Waals surface area contributed by atoms with Crippen LogP contribution in [0.3, 0.4) is 0 Å². The van der Waals surface area contributed by atoms with Crippen LogP contribution in [0, 0.1) is 0 Å². The first-order valence-electron chi connectivity index (χ1n) is 19.6. The Labute approximate surface area is 359 Å². The summed E-state index contributed by atoms with van der Waals surface area (Å²) < 4.78 is 34.0. The van der Waals surface area contributed by atoms with Gasteiger partial charge in [0.05, 0.1) is 0 Å². The fourth-order valence-corrected chi connectivity index (χ4v) is 25.7. The number of rotatable bonds is 24. The molecule has 0 fully saturated rings. The molecule has 1 radical (unpaired) electrons. The second kappa shape index (κ2) is 48.1. The Hall–Kier alpha value is -1.31. The van der Waals surface area contributed by atoms with Crippen LogP contribution in [0.25, 0.3) is 0 Å². The first kappa shape index (κ1) is 69.3. The molecular weight excluding hydrogens is 1040 g/mol. The molecule has 0 heterocycles. The fourth-order valence-electron chi connectivity index (χ4n) is 3.83. The molecular formula is C40H81O13Sn3. The van der Waals surface area contributed by atoms with Crippen LogP contribution in [0.5, 0.6) is 0 Å². The topological polar surface area (TPSA) is 234 Å². The Morgan fingerprint density at radius 1 is 0.536 bits per heavy atom. The smallest absolute Gasteiger partial charge is 0.412 e. The average Bonchev–Trinajstić information content (AvgIpc) is 3.09. The van der Waals surface area contributed by atoms with E-state index in [0.29, 0.717) is 11.1 Å². The molecule has 0 aromatic rings. The number of hydrogen-bond acceptors (Lipinski definition) is 9. The summed E-state index contributed by atoms with van der Waals surface area (Å²) in [5, 5.41) is 15.3. The predicted octanol–water partition coefficient (Wildman–Crippen LogP) is 9.51. The van der Waals surface area contributed by atoms with Crippen LogP contribution in [-0.2, 0) is 36.3 Å². The zero-order valence-electron chi connectivity index (χ0n) is 36.9. The molecule has 0 atom stereocenters. The van der Waals surface area contributed by atoms with E-state index in [4.69, 9.17) is 24.2 Å². The van der Waals surface area contributed by atoms with Gasteiger partial charge in [0.2, 0.25) is 0 Å². The number of carboxylic acids is 2. The van der Waals surface area contributed by atoms with Gasteiger partial charge >= 0.3 is 300 Å². The van der Waals surface area contributed by atoms with Gasteiger partial charge in [0.1, 0.15) is 0 Å². The van der Waals surface area contributed by atoms with Crippen molar-refractivity contribution < 1.29 is 57.4 Å². The molecule has 0 aliphatic carbocycles. The van der Waals surface area contributed by atoms with Gasteiger partial charge in [-0.1, -0.05) is 6.58 Å². The first-order valence-corrected chi connectivity index (χ1v) is 36.3. The van der Waals surface area contributed by atoms with Crippen molar-refractivity contribution in [1.82, 2.24) is 0 Å². The fraction of sp³-hybridized carbons (Fsp3) is 0.725. The van der Waals surface area contributed by atoms with E-state index in [9.17, 15) is 22.3 Å². The minimum absolute atomic E-state index is 0. The van der Waals surface area contributed by atoms with E-state index >= 15 is 0 Å². The van der Waals surface area contributed by atoms with Gasteiger partial charge in [-0.05, 0) is 6.92 Å². The van der Waals surface area contributed by atoms with Crippen LogP contribution in [0.2, 0.25) is 26.6 Å². The molecule has 331 valence electrons.